The molecule has 0 spiro atoms. The number of hydrogen-bond acceptors (Lipinski definition) is 5. The molecule has 154 valence electrons. The molecule has 1 saturated heterocycles. The average molecular weight is 407 g/mol. The molecule has 0 radical (unpaired) electrons. The number of rotatable bonds is 7. The van der Waals surface area contributed by atoms with Crippen LogP contribution in [0.25, 0.3) is 0 Å². The molecule has 1 aliphatic heterocycles. The van der Waals surface area contributed by atoms with Crippen LogP contribution in [0.3, 0.4) is 0 Å². The van der Waals surface area contributed by atoms with E-state index in [1.54, 1.807) is 4.90 Å². The number of nitrogens with one attached hydrogen (secondary N) is 1. The first-order valence-corrected chi connectivity index (χ1v) is 10.8. The zero-order chi connectivity index (χ0) is 20.7. The zero-order valence-electron chi connectivity index (χ0n) is 17.1. The van der Waals surface area contributed by atoms with Crippen molar-refractivity contribution < 1.29 is 19.1 Å². The number of hydrogen-bond donors (Lipinski definition) is 1. The molecule has 1 N–H and O–H groups in total. The third kappa shape index (κ3) is 7.19. The molecule has 2 amide bonds. The van der Waals surface area contributed by atoms with Crippen molar-refractivity contribution in [3.63, 3.8) is 0 Å². The van der Waals surface area contributed by atoms with Crippen LogP contribution in [0.5, 0.6) is 0 Å². The van der Waals surface area contributed by atoms with E-state index in [0.29, 0.717) is 24.9 Å². The fraction of sp³-hybridized carbons (Fsp3) is 0.571. The number of carbonyl (C=O) groups is 3. The molecular weight excluding hydrogens is 376 g/mol. The van der Waals surface area contributed by atoms with E-state index in [-0.39, 0.29) is 29.9 Å². The van der Waals surface area contributed by atoms with Crippen molar-refractivity contribution in [2.24, 2.45) is 11.8 Å². The molecule has 2 atom stereocenters. The molecule has 0 saturated carbocycles. The van der Waals surface area contributed by atoms with Crippen LogP contribution in [-0.4, -0.2) is 53.9 Å². The number of carbonyl (C=O) groups excluding carboxylic acids is 3. The van der Waals surface area contributed by atoms with Crippen LogP contribution in [0.2, 0.25) is 0 Å². The number of anilines is 1. The Kier molecular flexibility index (Phi) is 8.35. The SMILES string of the molecule is Cc1ccc(NC(=O)CSCC(=O)OCC(=O)N2C[C@H](C)C[C@H](C)C2)c(C)c1. The van der Waals surface area contributed by atoms with Crippen molar-refractivity contribution in [2.45, 2.75) is 34.1 Å². The summed E-state index contributed by atoms with van der Waals surface area (Å²) in [5.41, 5.74) is 2.91. The minimum atomic E-state index is -0.476. The molecule has 6 nitrogen and oxygen atoms in total. The summed E-state index contributed by atoms with van der Waals surface area (Å²) >= 11 is 1.17. The van der Waals surface area contributed by atoms with Crippen molar-refractivity contribution >= 4 is 35.2 Å². The van der Waals surface area contributed by atoms with E-state index in [4.69, 9.17) is 4.74 Å². The summed E-state index contributed by atoms with van der Waals surface area (Å²) < 4.78 is 5.08. The Morgan fingerprint density at radius 1 is 1.14 bits per heavy atom. The van der Waals surface area contributed by atoms with Gasteiger partial charge in [0.1, 0.15) is 0 Å². The quantitative estimate of drug-likeness (QED) is 0.705. The third-order valence-electron chi connectivity index (χ3n) is 4.69. The predicted molar refractivity (Wildman–Crippen MR) is 112 cm³/mol. The van der Waals surface area contributed by atoms with Gasteiger partial charge < -0.3 is 15.0 Å². The molecule has 1 fully saturated rings. The Morgan fingerprint density at radius 3 is 2.46 bits per heavy atom. The van der Waals surface area contributed by atoms with Crippen molar-refractivity contribution in [1.29, 1.82) is 0 Å². The summed E-state index contributed by atoms with van der Waals surface area (Å²) in [6.45, 7) is 9.39. The average Bonchev–Trinajstić information content (AvgIpc) is 2.61. The summed E-state index contributed by atoms with van der Waals surface area (Å²) in [4.78, 5) is 37.9. The Balaban J connectivity index is 1.65. The molecule has 1 heterocycles. The second-order valence-electron chi connectivity index (χ2n) is 7.76. The second-order valence-corrected chi connectivity index (χ2v) is 8.75. The van der Waals surface area contributed by atoms with Crippen LogP contribution in [0.15, 0.2) is 18.2 Å². The first-order valence-electron chi connectivity index (χ1n) is 9.62. The highest BCUT2D eigenvalue weighted by molar-refractivity contribution is 8.00. The van der Waals surface area contributed by atoms with E-state index >= 15 is 0 Å². The predicted octanol–water partition coefficient (Wildman–Crippen LogP) is 3.02. The van der Waals surface area contributed by atoms with Gasteiger partial charge in [-0.3, -0.25) is 14.4 Å². The van der Waals surface area contributed by atoms with Gasteiger partial charge in [0.25, 0.3) is 5.91 Å². The van der Waals surface area contributed by atoms with E-state index in [2.05, 4.69) is 19.2 Å². The van der Waals surface area contributed by atoms with Crippen LogP contribution in [0.1, 0.15) is 31.4 Å². The molecule has 0 unspecified atom stereocenters. The Morgan fingerprint density at radius 2 is 1.82 bits per heavy atom. The van der Waals surface area contributed by atoms with Crippen molar-refractivity contribution in [2.75, 3.05) is 36.5 Å². The number of aryl methyl sites for hydroxylation is 2. The lowest BCUT2D eigenvalue weighted by molar-refractivity contribution is -0.151. The van der Waals surface area contributed by atoms with Crippen molar-refractivity contribution in [3.8, 4) is 0 Å². The summed E-state index contributed by atoms with van der Waals surface area (Å²) in [5.74, 6) is 0.333. The topological polar surface area (TPSA) is 75.7 Å². The molecule has 1 aromatic carbocycles. The maximum absolute atomic E-state index is 12.2. The highest BCUT2D eigenvalue weighted by Crippen LogP contribution is 2.21. The minimum absolute atomic E-state index is 0.0420. The number of nitrogens with zero attached hydrogens (tertiary/aromatic N) is 1. The van der Waals surface area contributed by atoms with Gasteiger partial charge in [-0.25, -0.2) is 0 Å². The molecular formula is C21H30N2O4S. The van der Waals surface area contributed by atoms with Crippen LogP contribution < -0.4 is 5.32 Å². The largest absolute Gasteiger partial charge is 0.455 e. The minimum Gasteiger partial charge on any atom is -0.455 e. The van der Waals surface area contributed by atoms with E-state index in [1.165, 1.54) is 11.8 Å². The number of thioether (sulfide) groups is 1. The lowest BCUT2D eigenvalue weighted by atomic mass is 9.92. The van der Waals surface area contributed by atoms with Crippen LogP contribution in [0.4, 0.5) is 5.69 Å². The summed E-state index contributed by atoms with van der Waals surface area (Å²) in [5, 5.41) is 2.84. The molecule has 28 heavy (non-hydrogen) atoms. The highest BCUT2D eigenvalue weighted by Gasteiger charge is 2.25. The number of ether oxygens (including phenoxy) is 1. The summed E-state index contributed by atoms with van der Waals surface area (Å²) in [7, 11) is 0. The van der Waals surface area contributed by atoms with Crippen molar-refractivity contribution in [1.82, 2.24) is 4.90 Å². The molecule has 0 aromatic heterocycles. The Bertz CT molecular complexity index is 712. The van der Waals surface area contributed by atoms with Gasteiger partial charge in [0.2, 0.25) is 5.91 Å². The third-order valence-corrected chi connectivity index (χ3v) is 5.59. The van der Waals surface area contributed by atoms with Gasteiger partial charge >= 0.3 is 5.97 Å². The van der Waals surface area contributed by atoms with Gasteiger partial charge in [0, 0.05) is 18.8 Å². The van der Waals surface area contributed by atoms with Crippen LogP contribution in [-0.2, 0) is 19.1 Å². The van der Waals surface area contributed by atoms with Gasteiger partial charge in [-0.1, -0.05) is 31.5 Å². The van der Waals surface area contributed by atoms with Crippen molar-refractivity contribution in [3.05, 3.63) is 29.3 Å². The Hall–Kier alpha value is -2.02. The number of likely N-dealkylation sites (tertiary alicyclic amines) is 1. The van der Waals surface area contributed by atoms with Gasteiger partial charge in [0.05, 0.1) is 11.5 Å². The highest BCUT2D eigenvalue weighted by atomic mass is 32.2. The van der Waals surface area contributed by atoms with Gasteiger partial charge in [-0.05, 0) is 43.7 Å². The fourth-order valence-electron chi connectivity index (χ4n) is 3.51. The zero-order valence-corrected chi connectivity index (χ0v) is 17.9. The molecule has 7 heteroatoms. The summed E-state index contributed by atoms with van der Waals surface area (Å²) in [6, 6.07) is 5.81. The van der Waals surface area contributed by atoms with E-state index in [1.807, 2.05) is 32.0 Å². The molecule has 1 aliphatic rings. The molecule has 1 aromatic rings. The molecule has 2 rings (SSSR count). The number of esters is 1. The normalized spacial score (nSPS) is 19.2. The smallest absolute Gasteiger partial charge is 0.316 e. The first kappa shape index (κ1) is 22.3. The molecule has 0 aliphatic carbocycles. The first-order chi connectivity index (χ1) is 13.2. The number of piperidine rings is 1. The summed E-state index contributed by atoms with van der Waals surface area (Å²) in [6.07, 6.45) is 1.12. The van der Waals surface area contributed by atoms with E-state index < -0.39 is 5.97 Å². The maximum Gasteiger partial charge on any atom is 0.316 e. The monoisotopic (exact) mass is 406 g/mol. The van der Waals surface area contributed by atoms with E-state index in [0.717, 1.165) is 23.2 Å². The molecule has 0 bridgehead atoms. The van der Waals surface area contributed by atoms with Gasteiger partial charge in [0.15, 0.2) is 6.61 Å². The Labute approximate surface area is 171 Å². The lowest BCUT2D eigenvalue weighted by Gasteiger charge is -2.34. The van der Waals surface area contributed by atoms with Crippen LogP contribution in [0, 0.1) is 25.7 Å². The second kappa shape index (κ2) is 10.5. The maximum atomic E-state index is 12.2. The lowest BCUT2D eigenvalue weighted by Crippen LogP contribution is -2.44. The standard InChI is InChI=1S/C21H30N2O4S/c1-14-5-6-18(17(4)8-14)22-19(24)12-28-13-21(26)27-11-20(25)23-9-15(2)7-16(3)10-23/h5-6,8,15-16H,7,9-13H2,1-4H3,(H,22,24)/t15-,16+. The number of amides is 2. The van der Waals surface area contributed by atoms with Crippen LogP contribution >= 0.6 is 11.8 Å². The van der Waals surface area contributed by atoms with E-state index in [9.17, 15) is 14.4 Å². The van der Waals surface area contributed by atoms with Gasteiger partial charge in [-0.15, -0.1) is 11.8 Å². The van der Waals surface area contributed by atoms with Gasteiger partial charge in [-0.2, -0.15) is 0 Å². The fourth-order valence-corrected chi connectivity index (χ4v) is 4.12. The number of benzene rings is 1.